The van der Waals surface area contributed by atoms with Gasteiger partial charge in [-0.3, -0.25) is 0 Å². The average Bonchev–Trinajstić information content (AvgIpc) is 2.51. The van der Waals surface area contributed by atoms with Gasteiger partial charge in [-0.05, 0) is 29.8 Å². The van der Waals surface area contributed by atoms with E-state index in [1.807, 2.05) is 6.07 Å². The number of benzene rings is 1. The molecule has 2 aromatic rings. The Labute approximate surface area is 138 Å². The lowest BCUT2D eigenvalue weighted by Gasteiger charge is -2.29. The van der Waals surface area contributed by atoms with Crippen molar-refractivity contribution in [1.29, 1.82) is 0 Å². The fraction of sp³-hybridized carbons (Fsp3) is 0.167. The van der Waals surface area contributed by atoms with Crippen LogP contribution in [0.15, 0.2) is 54.2 Å². The minimum absolute atomic E-state index is 0.163. The maximum Gasteiger partial charge on any atom is 0.348 e. The zero-order valence-corrected chi connectivity index (χ0v) is 13.2. The third-order valence-electron chi connectivity index (χ3n) is 3.15. The summed E-state index contributed by atoms with van der Waals surface area (Å²) in [7, 11) is 0. The van der Waals surface area contributed by atoms with Crippen LogP contribution in [0.25, 0.3) is 6.08 Å². The molecular weight excluding hydrogens is 310 g/mol. The zero-order valence-electron chi connectivity index (χ0n) is 13.2. The zero-order chi connectivity index (χ0) is 17.2. The fourth-order valence-electron chi connectivity index (χ4n) is 2.14. The summed E-state index contributed by atoms with van der Waals surface area (Å²) in [5.74, 6) is -1.71. The van der Waals surface area contributed by atoms with Crippen LogP contribution in [0.5, 0.6) is 11.6 Å². The van der Waals surface area contributed by atoms with Crippen LogP contribution >= 0.6 is 0 Å². The van der Waals surface area contributed by atoms with Gasteiger partial charge in [-0.2, -0.15) is 0 Å². The van der Waals surface area contributed by atoms with Gasteiger partial charge in [-0.25, -0.2) is 14.6 Å². The van der Waals surface area contributed by atoms with Crippen molar-refractivity contribution in [2.45, 2.75) is 19.6 Å². The molecule has 6 heteroatoms. The van der Waals surface area contributed by atoms with E-state index in [-0.39, 0.29) is 5.57 Å². The van der Waals surface area contributed by atoms with Crippen LogP contribution in [0, 0.1) is 0 Å². The number of pyridine rings is 1. The van der Waals surface area contributed by atoms with Gasteiger partial charge < -0.3 is 14.2 Å². The quantitative estimate of drug-likeness (QED) is 0.490. The monoisotopic (exact) mass is 325 g/mol. The molecule has 0 atom stereocenters. The number of cyclic esters (lactones) is 2. The molecule has 1 fully saturated rings. The van der Waals surface area contributed by atoms with Crippen molar-refractivity contribution < 1.29 is 23.8 Å². The number of rotatable bonds is 3. The maximum absolute atomic E-state index is 12.0. The number of esters is 2. The van der Waals surface area contributed by atoms with Crippen LogP contribution in [0.2, 0.25) is 0 Å². The Morgan fingerprint density at radius 3 is 2.46 bits per heavy atom. The highest BCUT2D eigenvalue weighted by atomic mass is 16.7. The number of carbonyl (C=O) groups is 2. The summed E-state index contributed by atoms with van der Waals surface area (Å²) < 4.78 is 15.7. The molecule has 0 amide bonds. The summed E-state index contributed by atoms with van der Waals surface area (Å²) >= 11 is 0. The number of aromatic nitrogens is 1. The van der Waals surface area contributed by atoms with E-state index in [4.69, 9.17) is 14.2 Å². The Bertz CT molecular complexity index is 789. The lowest BCUT2D eigenvalue weighted by molar-refractivity contribution is -0.222. The van der Waals surface area contributed by atoms with E-state index < -0.39 is 17.7 Å². The number of nitrogens with zero attached hydrogens (tertiary/aromatic N) is 1. The average molecular weight is 325 g/mol. The van der Waals surface area contributed by atoms with Gasteiger partial charge in [0.15, 0.2) is 0 Å². The van der Waals surface area contributed by atoms with Crippen LogP contribution < -0.4 is 4.74 Å². The van der Waals surface area contributed by atoms with Crippen LogP contribution in [0.1, 0.15) is 19.4 Å². The Morgan fingerprint density at radius 1 is 1.04 bits per heavy atom. The smallest absolute Gasteiger partial charge is 0.348 e. The first-order valence-corrected chi connectivity index (χ1v) is 7.30. The van der Waals surface area contributed by atoms with Gasteiger partial charge in [0, 0.05) is 26.1 Å². The van der Waals surface area contributed by atoms with Crippen molar-refractivity contribution in [2.24, 2.45) is 0 Å². The first-order chi connectivity index (χ1) is 11.4. The van der Waals surface area contributed by atoms with Gasteiger partial charge in [-0.15, -0.1) is 0 Å². The second-order valence-electron chi connectivity index (χ2n) is 5.58. The number of carbonyl (C=O) groups excluding carboxylic acids is 2. The molecule has 2 heterocycles. The third-order valence-corrected chi connectivity index (χ3v) is 3.15. The second-order valence-corrected chi connectivity index (χ2v) is 5.58. The van der Waals surface area contributed by atoms with Crippen LogP contribution in [-0.2, 0) is 19.1 Å². The number of ether oxygens (including phenoxy) is 3. The number of hydrogen-bond donors (Lipinski definition) is 0. The molecule has 0 N–H and O–H groups in total. The minimum Gasteiger partial charge on any atom is -0.439 e. The Kier molecular flexibility index (Phi) is 4.04. The van der Waals surface area contributed by atoms with Crippen LogP contribution in [-0.4, -0.2) is 22.7 Å². The standard InChI is InChI=1S/C18H15NO5/c1-18(2)23-16(20)14(17(21)24-18)11-12-6-5-7-13(10-12)22-15-8-3-4-9-19-15/h3-11H,1-2H3. The second kappa shape index (κ2) is 6.16. The molecule has 1 saturated heterocycles. The van der Waals surface area contributed by atoms with Crippen molar-refractivity contribution in [3.63, 3.8) is 0 Å². The van der Waals surface area contributed by atoms with Gasteiger partial charge in [-0.1, -0.05) is 18.2 Å². The highest BCUT2D eigenvalue weighted by Crippen LogP contribution is 2.26. The van der Waals surface area contributed by atoms with E-state index in [0.717, 1.165) is 0 Å². The molecule has 1 aliphatic rings. The first kappa shape index (κ1) is 15.7. The number of hydrogen-bond acceptors (Lipinski definition) is 6. The minimum atomic E-state index is -1.25. The normalized spacial score (nSPS) is 16.2. The molecule has 0 spiro atoms. The van der Waals surface area contributed by atoms with E-state index in [1.165, 1.54) is 19.9 Å². The lowest BCUT2D eigenvalue weighted by Crippen LogP contribution is -2.41. The van der Waals surface area contributed by atoms with Crippen molar-refractivity contribution in [1.82, 2.24) is 4.98 Å². The van der Waals surface area contributed by atoms with Gasteiger partial charge in [0.1, 0.15) is 11.3 Å². The molecule has 0 bridgehead atoms. The molecule has 3 rings (SSSR count). The molecule has 0 unspecified atom stereocenters. The molecule has 0 radical (unpaired) electrons. The van der Waals surface area contributed by atoms with E-state index in [1.54, 1.807) is 42.6 Å². The Morgan fingerprint density at radius 2 is 1.79 bits per heavy atom. The van der Waals surface area contributed by atoms with Gasteiger partial charge in [0.05, 0.1) is 0 Å². The SMILES string of the molecule is CC1(C)OC(=O)C(=Cc2cccc(Oc3ccccn3)c2)C(=O)O1. The summed E-state index contributed by atoms with van der Waals surface area (Å²) in [6.07, 6.45) is 3.03. The summed E-state index contributed by atoms with van der Waals surface area (Å²) in [4.78, 5) is 28.0. The summed E-state index contributed by atoms with van der Waals surface area (Å²) in [6, 6.07) is 12.2. The summed E-state index contributed by atoms with van der Waals surface area (Å²) in [5.41, 5.74) is 0.441. The third kappa shape index (κ3) is 3.60. The molecule has 0 saturated carbocycles. The molecule has 122 valence electrons. The lowest BCUT2D eigenvalue weighted by atomic mass is 10.1. The maximum atomic E-state index is 12.0. The highest BCUT2D eigenvalue weighted by Gasteiger charge is 2.38. The van der Waals surface area contributed by atoms with Gasteiger partial charge in [0.25, 0.3) is 5.79 Å². The van der Waals surface area contributed by atoms with Gasteiger partial charge >= 0.3 is 11.9 Å². The molecule has 24 heavy (non-hydrogen) atoms. The molecule has 1 aliphatic heterocycles. The van der Waals surface area contributed by atoms with E-state index >= 15 is 0 Å². The highest BCUT2D eigenvalue weighted by molar-refractivity contribution is 6.18. The van der Waals surface area contributed by atoms with Crippen LogP contribution in [0.3, 0.4) is 0 Å². The molecule has 0 aliphatic carbocycles. The summed E-state index contributed by atoms with van der Waals surface area (Å²) in [5, 5.41) is 0. The van der Waals surface area contributed by atoms with Crippen molar-refractivity contribution in [3.05, 3.63) is 59.8 Å². The predicted molar refractivity (Wildman–Crippen MR) is 85.0 cm³/mol. The molecule has 1 aromatic heterocycles. The Hall–Kier alpha value is -3.15. The topological polar surface area (TPSA) is 74.7 Å². The van der Waals surface area contributed by atoms with Crippen molar-refractivity contribution in [3.8, 4) is 11.6 Å². The van der Waals surface area contributed by atoms with E-state index in [9.17, 15) is 9.59 Å². The van der Waals surface area contributed by atoms with Crippen LogP contribution in [0.4, 0.5) is 0 Å². The van der Waals surface area contributed by atoms with Gasteiger partial charge in [0.2, 0.25) is 5.88 Å². The fourth-order valence-corrected chi connectivity index (χ4v) is 2.14. The van der Waals surface area contributed by atoms with Crippen molar-refractivity contribution in [2.75, 3.05) is 0 Å². The largest absolute Gasteiger partial charge is 0.439 e. The van der Waals surface area contributed by atoms with E-state index in [2.05, 4.69) is 4.98 Å². The van der Waals surface area contributed by atoms with E-state index in [0.29, 0.717) is 17.2 Å². The summed E-state index contributed by atoms with van der Waals surface area (Å²) in [6.45, 7) is 3.00. The molecule has 6 nitrogen and oxygen atoms in total. The molecule has 1 aromatic carbocycles. The Balaban J connectivity index is 1.84. The first-order valence-electron chi connectivity index (χ1n) is 7.30. The molecular formula is C18H15NO5. The predicted octanol–water partition coefficient (Wildman–Crippen LogP) is 3.09. The van der Waals surface area contributed by atoms with Crippen molar-refractivity contribution >= 4 is 18.0 Å².